The van der Waals surface area contributed by atoms with Gasteiger partial charge in [0.1, 0.15) is 0 Å². The van der Waals surface area contributed by atoms with Gasteiger partial charge >= 0.3 is 0 Å². The van der Waals surface area contributed by atoms with Gasteiger partial charge in [-0.2, -0.15) is 0 Å². The second-order valence-corrected chi connectivity index (χ2v) is 4.86. The molecule has 2 amide bonds. The lowest BCUT2D eigenvalue weighted by Gasteiger charge is -2.22. The van der Waals surface area contributed by atoms with E-state index in [2.05, 4.69) is 5.32 Å². The molecule has 0 aliphatic rings. The number of carbonyl (C=O) groups excluding carboxylic acids is 2. The molecular weight excluding hydrogens is 240 g/mol. The SMILES string of the molecule is CCN(CC(=O)NC(C)C)C(=O)c1ccccc1C. The van der Waals surface area contributed by atoms with Gasteiger partial charge in [0.15, 0.2) is 0 Å². The van der Waals surface area contributed by atoms with Crippen LogP contribution in [0.3, 0.4) is 0 Å². The summed E-state index contributed by atoms with van der Waals surface area (Å²) in [6.07, 6.45) is 0. The molecule has 0 saturated carbocycles. The fourth-order valence-corrected chi connectivity index (χ4v) is 1.85. The van der Waals surface area contributed by atoms with E-state index in [-0.39, 0.29) is 24.4 Å². The maximum atomic E-state index is 12.4. The number of amides is 2. The molecule has 0 unspecified atom stereocenters. The highest BCUT2D eigenvalue weighted by molar-refractivity contribution is 5.97. The van der Waals surface area contributed by atoms with Gasteiger partial charge in [-0.15, -0.1) is 0 Å². The van der Waals surface area contributed by atoms with Crippen LogP contribution in [-0.2, 0) is 4.79 Å². The van der Waals surface area contributed by atoms with E-state index < -0.39 is 0 Å². The zero-order valence-corrected chi connectivity index (χ0v) is 12.1. The smallest absolute Gasteiger partial charge is 0.254 e. The summed E-state index contributed by atoms with van der Waals surface area (Å²) in [5.74, 6) is -0.224. The third kappa shape index (κ3) is 4.39. The minimum Gasteiger partial charge on any atom is -0.352 e. The van der Waals surface area contributed by atoms with Gasteiger partial charge in [-0.1, -0.05) is 18.2 Å². The lowest BCUT2D eigenvalue weighted by atomic mass is 10.1. The van der Waals surface area contributed by atoms with Crippen LogP contribution in [0, 0.1) is 6.92 Å². The van der Waals surface area contributed by atoms with Crippen LogP contribution < -0.4 is 5.32 Å². The van der Waals surface area contributed by atoms with Crippen LogP contribution in [0.2, 0.25) is 0 Å². The van der Waals surface area contributed by atoms with Crippen molar-refractivity contribution in [1.29, 1.82) is 0 Å². The Bertz CT molecular complexity index is 455. The maximum Gasteiger partial charge on any atom is 0.254 e. The Morgan fingerprint density at radius 1 is 1.26 bits per heavy atom. The Kier molecular flexibility index (Phi) is 5.55. The van der Waals surface area contributed by atoms with Gasteiger partial charge < -0.3 is 10.2 Å². The molecule has 4 nitrogen and oxygen atoms in total. The first kappa shape index (κ1) is 15.2. The molecule has 1 N–H and O–H groups in total. The average molecular weight is 262 g/mol. The summed E-state index contributed by atoms with van der Waals surface area (Å²) in [7, 11) is 0. The Balaban J connectivity index is 2.78. The van der Waals surface area contributed by atoms with E-state index in [0.29, 0.717) is 12.1 Å². The zero-order chi connectivity index (χ0) is 14.4. The maximum absolute atomic E-state index is 12.4. The van der Waals surface area contributed by atoms with E-state index in [9.17, 15) is 9.59 Å². The number of nitrogens with one attached hydrogen (secondary N) is 1. The predicted octanol–water partition coefficient (Wildman–Crippen LogP) is 1.98. The Morgan fingerprint density at radius 3 is 2.42 bits per heavy atom. The van der Waals surface area contributed by atoms with Crippen molar-refractivity contribution in [3.8, 4) is 0 Å². The minimum atomic E-state index is -0.126. The number of hydrogen-bond acceptors (Lipinski definition) is 2. The highest BCUT2D eigenvalue weighted by atomic mass is 16.2. The first-order valence-electron chi connectivity index (χ1n) is 6.60. The summed E-state index contributed by atoms with van der Waals surface area (Å²) in [6, 6.07) is 7.51. The summed E-state index contributed by atoms with van der Waals surface area (Å²) in [5, 5.41) is 2.80. The molecule has 0 spiro atoms. The largest absolute Gasteiger partial charge is 0.352 e. The summed E-state index contributed by atoms with van der Waals surface area (Å²) >= 11 is 0. The molecule has 0 aliphatic heterocycles. The highest BCUT2D eigenvalue weighted by Crippen LogP contribution is 2.10. The third-order valence-corrected chi connectivity index (χ3v) is 2.83. The molecule has 0 aromatic heterocycles. The van der Waals surface area contributed by atoms with Gasteiger partial charge in [0.05, 0.1) is 6.54 Å². The Hall–Kier alpha value is -1.84. The standard InChI is InChI=1S/C15H22N2O2/c1-5-17(10-14(18)16-11(2)3)15(19)13-9-7-6-8-12(13)4/h6-9,11H,5,10H2,1-4H3,(H,16,18). The third-order valence-electron chi connectivity index (χ3n) is 2.83. The van der Waals surface area contributed by atoms with E-state index in [0.717, 1.165) is 5.56 Å². The summed E-state index contributed by atoms with van der Waals surface area (Å²) in [5.41, 5.74) is 1.58. The topological polar surface area (TPSA) is 49.4 Å². The van der Waals surface area contributed by atoms with Gasteiger partial charge in [0, 0.05) is 18.2 Å². The Morgan fingerprint density at radius 2 is 1.89 bits per heavy atom. The van der Waals surface area contributed by atoms with E-state index >= 15 is 0 Å². The number of hydrogen-bond donors (Lipinski definition) is 1. The molecule has 0 heterocycles. The molecule has 1 aromatic carbocycles. The molecule has 4 heteroatoms. The molecule has 1 rings (SSSR count). The first-order chi connectivity index (χ1) is 8.95. The summed E-state index contributed by atoms with van der Waals surface area (Å²) < 4.78 is 0. The van der Waals surface area contributed by atoms with Gasteiger partial charge in [0.25, 0.3) is 5.91 Å². The highest BCUT2D eigenvalue weighted by Gasteiger charge is 2.18. The molecule has 0 radical (unpaired) electrons. The lowest BCUT2D eigenvalue weighted by molar-refractivity contribution is -0.122. The molecule has 0 saturated heterocycles. The molecule has 0 atom stereocenters. The normalized spacial score (nSPS) is 10.4. The van der Waals surface area contributed by atoms with E-state index in [1.54, 1.807) is 11.0 Å². The molecule has 0 aliphatic carbocycles. The van der Waals surface area contributed by atoms with Crippen LogP contribution in [0.25, 0.3) is 0 Å². The average Bonchev–Trinajstić information content (AvgIpc) is 2.35. The minimum absolute atomic E-state index is 0.0831. The summed E-state index contributed by atoms with van der Waals surface area (Å²) in [4.78, 5) is 25.7. The van der Waals surface area contributed by atoms with Crippen LogP contribution in [-0.4, -0.2) is 35.8 Å². The van der Waals surface area contributed by atoms with Gasteiger partial charge in [-0.3, -0.25) is 9.59 Å². The fraction of sp³-hybridized carbons (Fsp3) is 0.467. The number of aryl methyl sites for hydroxylation is 1. The molecule has 0 fully saturated rings. The van der Waals surface area contributed by atoms with Crippen LogP contribution in [0.15, 0.2) is 24.3 Å². The van der Waals surface area contributed by atoms with Gasteiger partial charge in [-0.25, -0.2) is 0 Å². The van der Waals surface area contributed by atoms with Gasteiger partial charge in [-0.05, 0) is 39.3 Å². The zero-order valence-electron chi connectivity index (χ0n) is 12.1. The van der Waals surface area contributed by atoms with Crippen molar-refractivity contribution in [1.82, 2.24) is 10.2 Å². The second kappa shape index (κ2) is 6.92. The fourth-order valence-electron chi connectivity index (χ4n) is 1.85. The quantitative estimate of drug-likeness (QED) is 0.882. The molecular formula is C15H22N2O2. The molecule has 19 heavy (non-hydrogen) atoms. The number of likely N-dealkylation sites (N-methyl/N-ethyl adjacent to an activating group) is 1. The summed E-state index contributed by atoms with van der Waals surface area (Å²) in [6.45, 7) is 8.18. The monoisotopic (exact) mass is 262 g/mol. The Labute approximate surface area is 114 Å². The van der Waals surface area contributed by atoms with E-state index in [1.807, 2.05) is 45.9 Å². The number of rotatable bonds is 5. The molecule has 0 bridgehead atoms. The lowest BCUT2D eigenvalue weighted by Crippen LogP contribution is -2.42. The number of carbonyl (C=O) groups is 2. The van der Waals surface area contributed by atoms with Crippen molar-refractivity contribution in [2.75, 3.05) is 13.1 Å². The van der Waals surface area contributed by atoms with Gasteiger partial charge in [0.2, 0.25) is 5.91 Å². The molecule has 1 aromatic rings. The molecule has 104 valence electrons. The number of nitrogens with zero attached hydrogens (tertiary/aromatic N) is 1. The second-order valence-electron chi connectivity index (χ2n) is 4.86. The number of benzene rings is 1. The van der Waals surface area contributed by atoms with Crippen molar-refractivity contribution in [2.45, 2.75) is 33.7 Å². The van der Waals surface area contributed by atoms with Crippen molar-refractivity contribution in [3.63, 3.8) is 0 Å². The van der Waals surface area contributed by atoms with Crippen LogP contribution >= 0.6 is 0 Å². The van der Waals surface area contributed by atoms with E-state index in [4.69, 9.17) is 0 Å². The van der Waals surface area contributed by atoms with Crippen molar-refractivity contribution in [3.05, 3.63) is 35.4 Å². The van der Waals surface area contributed by atoms with Crippen LogP contribution in [0.4, 0.5) is 0 Å². The van der Waals surface area contributed by atoms with Crippen LogP contribution in [0.1, 0.15) is 36.7 Å². The first-order valence-corrected chi connectivity index (χ1v) is 6.60. The van der Waals surface area contributed by atoms with E-state index in [1.165, 1.54) is 0 Å². The van der Waals surface area contributed by atoms with Crippen molar-refractivity contribution >= 4 is 11.8 Å². The van der Waals surface area contributed by atoms with Crippen molar-refractivity contribution < 1.29 is 9.59 Å². The van der Waals surface area contributed by atoms with Crippen molar-refractivity contribution in [2.24, 2.45) is 0 Å². The van der Waals surface area contributed by atoms with Crippen LogP contribution in [0.5, 0.6) is 0 Å². The predicted molar refractivity (Wildman–Crippen MR) is 76.0 cm³/mol.